The molecule has 0 saturated heterocycles. The normalized spacial score (nSPS) is 22.1. The van der Waals surface area contributed by atoms with E-state index in [2.05, 4.69) is 23.7 Å². The molecule has 1 N–H and O–H groups in total. The highest BCUT2D eigenvalue weighted by atomic mass is 32.1. The predicted molar refractivity (Wildman–Crippen MR) is 79.4 cm³/mol. The summed E-state index contributed by atoms with van der Waals surface area (Å²) in [6, 6.07) is 8.08. The zero-order chi connectivity index (χ0) is 13.9. The zero-order valence-electron chi connectivity index (χ0n) is 11.2. The lowest BCUT2D eigenvalue weighted by molar-refractivity contribution is -0.136. The van der Waals surface area contributed by atoms with Crippen molar-refractivity contribution in [1.82, 2.24) is 10.5 Å². The second-order valence-electron chi connectivity index (χ2n) is 4.85. The van der Waals surface area contributed by atoms with Crippen LogP contribution in [0.1, 0.15) is 23.8 Å². The Morgan fingerprint density at radius 2 is 2.15 bits per heavy atom. The molecule has 1 aromatic heterocycles. The third kappa shape index (κ3) is 2.46. The summed E-state index contributed by atoms with van der Waals surface area (Å²) >= 11 is 1.68. The van der Waals surface area contributed by atoms with E-state index < -0.39 is 0 Å². The van der Waals surface area contributed by atoms with Crippen LogP contribution in [0.2, 0.25) is 0 Å². The second kappa shape index (κ2) is 5.73. The van der Waals surface area contributed by atoms with Gasteiger partial charge in [-0.25, -0.2) is 10.5 Å². The van der Waals surface area contributed by atoms with Gasteiger partial charge in [0.15, 0.2) is 0 Å². The molecule has 0 radical (unpaired) electrons. The fourth-order valence-electron chi connectivity index (χ4n) is 2.60. The molecular weight excluding hydrogens is 272 g/mol. The average molecular weight is 288 g/mol. The summed E-state index contributed by atoms with van der Waals surface area (Å²) in [6.07, 6.45) is 5.77. The number of benzene rings is 1. The molecule has 2 unspecified atom stereocenters. The van der Waals surface area contributed by atoms with Crippen LogP contribution in [0.4, 0.5) is 0 Å². The monoisotopic (exact) mass is 288 g/mol. The lowest BCUT2D eigenvalue weighted by Crippen LogP contribution is -2.34. The molecule has 104 valence electrons. The predicted octanol–water partition coefficient (Wildman–Crippen LogP) is 3.02. The quantitative estimate of drug-likeness (QED) is 0.697. The molecule has 20 heavy (non-hydrogen) atoms. The summed E-state index contributed by atoms with van der Waals surface area (Å²) in [4.78, 5) is 21.6. The molecule has 1 aromatic carbocycles. The summed E-state index contributed by atoms with van der Waals surface area (Å²) in [5.41, 5.74) is 3.46. The number of allylic oxidation sites excluding steroid dienone is 2. The number of thiazole rings is 1. The summed E-state index contributed by atoms with van der Waals surface area (Å²) in [7, 11) is 1.46. The van der Waals surface area contributed by atoms with Crippen molar-refractivity contribution < 1.29 is 9.63 Å². The minimum atomic E-state index is -0.111. The fraction of sp³-hybridized carbons (Fsp3) is 0.333. The first-order valence-corrected chi connectivity index (χ1v) is 7.44. The third-order valence-corrected chi connectivity index (χ3v) is 4.77. The largest absolute Gasteiger partial charge is 0.277 e. The molecule has 1 heterocycles. The molecule has 0 saturated carbocycles. The Morgan fingerprint density at radius 1 is 1.35 bits per heavy atom. The van der Waals surface area contributed by atoms with E-state index in [9.17, 15) is 4.79 Å². The van der Waals surface area contributed by atoms with Crippen LogP contribution in [0.15, 0.2) is 36.4 Å². The van der Waals surface area contributed by atoms with Gasteiger partial charge in [0.1, 0.15) is 0 Å². The molecule has 4 nitrogen and oxygen atoms in total. The van der Waals surface area contributed by atoms with Gasteiger partial charge in [0.25, 0.3) is 0 Å². The number of aromatic nitrogens is 1. The summed E-state index contributed by atoms with van der Waals surface area (Å²) in [5, 5.41) is 1.03. The van der Waals surface area contributed by atoms with Gasteiger partial charge in [0.05, 0.1) is 28.3 Å². The van der Waals surface area contributed by atoms with Gasteiger partial charge in [-0.2, -0.15) is 0 Å². The van der Waals surface area contributed by atoms with Crippen molar-refractivity contribution in [2.45, 2.75) is 18.8 Å². The highest BCUT2D eigenvalue weighted by Gasteiger charge is 2.32. The lowest BCUT2D eigenvalue weighted by atomic mass is 9.83. The number of nitrogens with one attached hydrogen (secondary N) is 1. The molecule has 5 heteroatoms. The number of rotatable bonds is 3. The van der Waals surface area contributed by atoms with Crippen molar-refractivity contribution in [3.05, 3.63) is 41.4 Å². The zero-order valence-corrected chi connectivity index (χ0v) is 12.0. The molecule has 1 aliphatic rings. The van der Waals surface area contributed by atoms with Crippen molar-refractivity contribution in [2.75, 3.05) is 7.11 Å². The van der Waals surface area contributed by atoms with Crippen LogP contribution >= 0.6 is 11.3 Å². The summed E-state index contributed by atoms with van der Waals surface area (Å²) in [5.74, 6) is -0.0471. The minimum absolute atomic E-state index is 0.0684. The van der Waals surface area contributed by atoms with Gasteiger partial charge < -0.3 is 0 Å². The molecule has 0 spiro atoms. The Hall–Kier alpha value is -1.72. The number of nitrogens with zero attached hydrogens (tertiary/aromatic N) is 1. The van der Waals surface area contributed by atoms with Gasteiger partial charge in [-0.3, -0.25) is 9.63 Å². The maximum atomic E-state index is 12.1. The van der Waals surface area contributed by atoms with E-state index in [1.54, 1.807) is 11.3 Å². The van der Waals surface area contributed by atoms with Gasteiger partial charge in [0, 0.05) is 5.92 Å². The fourth-order valence-corrected chi connectivity index (χ4v) is 3.75. The maximum absolute atomic E-state index is 12.1. The highest BCUT2D eigenvalue weighted by Crippen LogP contribution is 2.38. The SMILES string of the molecule is CONC(=O)C1CC=CCC1c1nc2ccccc2s1. The van der Waals surface area contributed by atoms with Gasteiger partial charge in [-0.05, 0) is 25.0 Å². The van der Waals surface area contributed by atoms with E-state index in [1.807, 2.05) is 18.2 Å². The Morgan fingerprint density at radius 3 is 2.95 bits per heavy atom. The van der Waals surface area contributed by atoms with Crippen LogP contribution in [0.25, 0.3) is 10.2 Å². The van der Waals surface area contributed by atoms with E-state index in [1.165, 1.54) is 11.8 Å². The molecule has 0 bridgehead atoms. The van der Waals surface area contributed by atoms with E-state index in [-0.39, 0.29) is 17.7 Å². The number of hydrogen-bond donors (Lipinski definition) is 1. The molecule has 0 fully saturated rings. The molecule has 0 aliphatic heterocycles. The van der Waals surface area contributed by atoms with Crippen molar-refractivity contribution in [1.29, 1.82) is 0 Å². The van der Waals surface area contributed by atoms with Crippen LogP contribution in [0.3, 0.4) is 0 Å². The Labute approximate surface area is 121 Å². The number of hydrogen-bond acceptors (Lipinski definition) is 4. The van der Waals surface area contributed by atoms with Crippen LogP contribution in [0.5, 0.6) is 0 Å². The third-order valence-electron chi connectivity index (χ3n) is 3.60. The molecule has 2 aromatic rings. The highest BCUT2D eigenvalue weighted by molar-refractivity contribution is 7.18. The first-order chi connectivity index (χ1) is 9.79. The van der Waals surface area contributed by atoms with Crippen LogP contribution < -0.4 is 5.48 Å². The van der Waals surface area contributed by atoms with Crippen molar-refractivity contribution >= 4 is 27.5 Å². The first kappa shape index (κ1) is 13.3. The molecular formula is C15H16N2O2S. The standard InChI is InChI=1S/C15H16N2O2S/c1-19-17-14(18)10-6-2-3-7-11(10)15-16-12-8-4-5-9-13(12)20-15/h2-5,8-11H,6-7H2,1H3,(H,17,18). The van der Waals surface area contributed by atoms with Gasteiger partial charge in [-0.1, -0.05) is 24.3 Å². The molecule has 3 rings (SSSR count). The molecule has 1 amide bonds. The van der Waals surface area contributed by atoms with Crippen LogP contribution in [0, 0.1) is 5.92 Å². The van der Waals surface area contributed by atoms with Crippen molar-refractivity contribution in [3.63, 3.8) is 0 Å². The molecule has 1 aliphatic carbocycles. The summed E-state index contributed by atoms with van der Waals surface area (Å²) in [6.45, 7) is 0. The smallest absolute Gasteiger partial charge is 0.247 e. The van der Waals surface area contributed by atoms with Gasteiger partial charge in [0.2, 0.25) is 5.91 Å². The van der Waals surface area contributed by atoms with Crippen LogP contribution in [-0.2, 0) is 9.63 Å². The van der Waals surface area contributed by atoms with E-state index in [4.69, 9.17) is 9.82 Å². The first-order valence-electron chi connectivity index (χ1n) is 6.63. The number of para-hydroxylation sites is 1. The Bertz CT molecular complexity index is 617. The Balaban J connectivity index is 1.93. The number of fused-ring (bicyclic) bond motifs is 1. The van der Waals surface area contributed by atoms with Gasteiger partial charge in [-0.15, -0.1) is 11.3 Å². The second-order valence-corrected chi connectivity index (χ2v) is 5.91. The van der Waals surface area contributed by atoms with E-state index >= 15 is 0 Å². The van der Waals surface area contributed by atoms with Crippen LogP contribution in [-0.4, -0.2) is 18.0 Å². The molecule has 2 atom stereocenters. The number of amides is 1. The van der Waals surface area contributed by atoms with E-state index in [0.29, 0.717) is 0 Å². The number of carbonyl (C=O) groups is 1. The topological polar surface area (TPSA) is 51.2 Å². The number of hydroxylamine groups is 1. The van der Waals surface area contributed by atoms with E-state index in [0.717, 1.165) is 23.4 Å². The number of carbonyl (C=O) groups excluding carboxylic acids is 1. The Kier molecular flexibility index (Phi) is 3.80. The lowest BCUT2D eigenvalue weighted by Gasteiger charge is -2.25. The summed E-state index contributed by atoms with van der Waals surface area (Å²) < 4.78 is 1.17. The van der Waals surface area contributed by atoms with Gasteiger partial charge >= 0.3 is 0 Å². The average Bonchev–Trinajstić information content (AvgIpc) is 2.91. The van der Waals surface area contributed by atoms with Crippen molar-refractivity contribution in [2.24, 2.45) is 5.92 Å². The maximum Gasteiger partial charge on any atom is 0.247 e. The van der Waals surface area contributed by atoms with Crippen molar-refractivity contribution in [3.8, 4) is 0 Å². The minimum Gasteiger partial charge on any atom is -0.277 e.